The van der Waals surface area contributed by atoms with Crippen LogP contribution in [0.4, 0.5) is 0 Å². The molecule has 0 fully saturated rings. The van der Waals surface area contributed by atoms with Crippen LogP contribution in [0.3, 0.4) is 0 Å². The first-order valence-corrected chi connectivity index (χ1v) is 11.8. The summed E-state index contributed by atoms with van der Waals surface area (Å²) in [4.78, 5) is 93.9. The summed E-state index contributed by atoms with van der Waals surface area (Å²) in [5.41, 5.74) is 1.69. The maximum atomic E-state index is 11.7. The van der Waals surface area contributed by atoms with Gasteiger partial charge in [-0.2, -0.15) is 0 Å². The molecule has 0 aliphatic rings. The molecular weight excluding hydrogens is 616 g/mol. The number of carbonyl (C=O) groups excluding carboxylic acids is 2. The second-order valence-corrected chi connectivity index (χ2v) is 7.35. The number of rotatable bonds is 4. The maximum absolute atomic E-state index is 11.7. The molecule has 238 valence electrons. The van der Waals surface area contributed by atoms with Gasteiger partial charge in [-0.25, -0.2) is 28.8 Å². The number of ketones is 2. The van der Waals surface area contributed by atoms with Gasteiger partial charge in [0.05, 0.1) is 0 Å². The number of nitrogens with zero attached hydrogens (tertiary/aromatic N) is 4. The molecule has 0 saturated carbocycles. The number of carboxylic acid groups (broad SMARTS) is 6. The fourth-order valence-electron chi connectivity index (χ4n) is 2.25. The molecule has 0 bridgehead atoms. The number of carboxylic acids is 6. The first-order chi connectivity index (χ1) is 21.7. The van der Waals surface area contributed by atoms with E-state index in [4.69, 9.17) is 59.4 Å². The Morgan fingerprint density at radius 3 is 0.609 bits per heavy atom. The highest BCUT2D eigenvalue weighted by Gasteiger charge is 2.10. The quantitative estimate of drug-likeness (QED) is 0.133. The van der Waals surface area contributed by atoms with Crippen molar-refractivity contribution in [3.63, 3.8) is 0 Å². The van der Waals surface area contributed by atoms with Gasteiger partial charge in [-0.1, -0.05) is 24.3 Å². The second-order valence-electron chi connectivity index (χ2n) is 7.35. The summed E-state index contributed by atoms with van der Waals surface area (Å²) >= 11 is 0. The van der Waals surface area contributed by atoms with Crippen molar-refractivity contribution in [2.75, 3.05) is 0 Å². The monoisotopic (exact) mass is 638 g/mol. The van der Waals surface area contributed by atoms with Crippen LogP contribution in [0, 0.1) is 0 Å². The molecule has 0 aliphatic heterocycles. The van der Waals surface area contributed by atoms with Crippen molar-refractivity contribution in [3.8, 4) is 0 Å². The molecule has 4 rings (SSSR count). The van der Waals surface area contributed by atoms with Gasteiger partial charge in [0.1, 0.15) is 22.8 Å². The van der Waals surface area contributed by atoms with Gasteiger partial charge < -0.3 is 30.6 Å². The van der Waals surface area contributed by atoms with Crippen LogP contribution in [-0.4, -0.2) is 98.0 Å². The van der Waals surface area contributed by atoms with Crippen molar-refractivity contribution in [3.05, 3.63) is 120 Å². The van der Waals surface area contributed by atoms with Crippen LogP contribution >= 0.6 is 0 Å². The third-order valence-electron chi connectivity index (χ3n) is 4.14. The average molecular weight is 638 g/mol. The minimum Gasteiger partial charge on any atom is -0.473 e. The first-order valence-electron chi connectivity index (χ1n) is 11.8. The second kappa shape index (κ2) is 21.5. The minimum absolute atomic E-state index is 0.147. The van der Waals surface area contributed by atoms with Crippen molar-refractivity contribution in [1.29, 1.82) is 0 Å². The van der Waals surface area contributed by atoms with Crippen molar-refractivity contribution >= 4 is 47.4 Å². The van der Waals surface area contributed by atoms with Gasteiger partial charge in [-0.15, -0.1) is 0 Å². The average Bonchev–Trinajstić information content (AvgIpc) is 3.06. The van der Waals surface area contributed by atoms with Crippen LogP contribution < -0.4 is 0 Å². The summed E-state index contributed by atoms with van der Waals surface area (Å²) in [6.07, 6.45) is 6.37. The highest BCUT2D eigenvalue weighted by molar-refractivity contribution is 6.28. The van der Waals surface area contributed by atoms with Gasteiger partial charge in [-0.3, -0.25) is 29.5 Å². The minimum atomic E-state index is -1.82. The largest absolute Gasteiger partial charge is 0.473 e. The molecule has 46 heavy (non-hydrogen) atoms. The standard InChI is InChI=1S/2C11H8N2O.3C2H2O4/c2*14-11(9-5-1-3-7-12-9)10-6-2-4-8-13-10;3*3-1(4)2(5)6/h2*1-8H;3*(H,3,4)(H,5,6). The van der Waals surface area contributed by atoms with Gasteiger partial charge in [-0.05, 0) is 48.5 Å². The first kappa shape index (κ1) is 38.8. The SMILES string of the molecule is O=C(O)C(=O)O.O=C(O)C(=O)O.O=C(O)C(=O)O.O=C(c1ccccn1)c1ccccn1.O=C(c1ccccn1)c1ccccn1. The Hall–Kier alpha value is -7.24. The fraction of sp³-hybridized carbons (Fsp3) is 0. The van der Waals surface area contributed by atoms with E-state index >= 15 is 0 Å². The summed E-state index contributed by atoms with van der Waals surface area (Å²) in [5, 5.41) is 44.3. The van der Waals surface area contributed by atoms with Gasteiger partial charge in [0.25, 0.3) is 0 Å². The molecule has 18 nitrogen and oxygen atoms in total. The van der Waals surface area contributed by atoms with Crippen molar-refractivity contribution in [2.45, 2.75) is 0 Å². The van der Waals surface area contributed by atoms with Crippen LogP contribution in [0.15, 0.2) is 97.6 Å². The number of pyridine rings is 4. The predicted molar refractivity (Wildman–Crippen MR) is 150 cm³/mol. The number of aliphatic carboxylic acids is 6. The molecule has 0 atom stereocenters. The Balaban J connectivity index is 0.000000591. The topological polar surface area (TPSA) is 309 Å². The summed E-state index contributed by atoms with van der Waals surface area (Å²) in [6, 6.07) is 20.9. The van der Waals surface area contributed by atoms with Crippen LogP contribution in [-0.2, 0) is 28.8 Å². The van der Waals surface area contributed by atoms with Crippen LogP contribution in [0.5, 0.6) is 0 Å². The van der Waals surface area contributed by atoms with E-state index in [1.165, 1.54) is 0 Å². The van der Waals surface area contributed by atoms with Crippen LogP contribution in [0.1, 0.15) is 32.4 Å². The Kier molecular flexibility index (Phi) is 18.1. The number of hydrogen-bond donors (Lipinski definition) is 6. The summed E-state index contributed by atoms with van der Waals surface area (Å²) in [6.45, 7) is 0. The molecule has 18 heteroatoms. The molecule has 0 spiro atoms. The van der Waals surface area contributed by atoms with Gasteiger partial charge >= 0.3 is 35.8 Å². The third-order valence-corrected chi connectivity index (χ3v) is 4.14. The predicted octanol–water partition coefficient (Wildman–Crippen LogP) is 0.882. The van der Waals surface area contributed by atoms with E-state index in [-0.39, 0.29) is 11.6 Å². The van der Waals surface area contributed by atoms with Crippen LogP contribution in [0.2, 0.25) is 0 Å². The van der Waals surface area contributed by atoms with E-state index in [2.05, 4.69) is 19.9 Å². The van der Waals surface area contributed by atoms with Crippen molar-refractivity contribution < 1.29 is 69.0 Å². The molecule has 4 heterocycles. The zero-order valence-electron chi connectivity index (χ0n) is 23.0. The number of carbonyl (C=O) groups is 8. The highest BCUT2D eigenvalue weighted by Crippen LogP contribution is 2.04. The number of aromatic nitrogens is 4. The Morgan fingerprint density at radius 2 is 0.500 bits per heavy atom. The zero-order valence-corrected chi connectivity index (χ0v) is 23.0. The Morgan fingerprint density at radius 1 is 0.326 bits per heavy atom. The molecule has 0 aromatic carbocycles. The lowest BCUT2D eigenvalue weighted by atomic mass is 10.2. The smallest absolute Gasteiger partial charge is 0.414 e. The van der Waals surface area contributed by atoms with E-state index in [0.717, 1.165) is 0 Å². The normalized spacial score (nSPS) is 8.78. The zero-order chi connectivity index (χ0) is 35.1. The van der Waals surface area contributed by atoms with E-state index in [1.54, 1.807) is 97.6 Å². The molecule has 0 saturated heterocycles. The lowest BCUT2D eigenvalue weighted by Crippen LogP contribution is -2.09. The van der Waals surface area contributed by atoms with Crippen LogP contribution in [0.25, 0.3) is 0 Å². The number of hydrogen-bond acceptors (Lipinski definition) is 12. The van der Waals surface area contributed by atoms with E-state index < -0.39 is 35.8 Å². The van der Waals surface area contributed by atoms with E-state index in [1.807, 2.05) is 0 Å². The molecule has 6 N–H and O–H groups in total. The Labute approximate surface area is 256 Å². The maximum Gasteiger partial charge on any atom is 0.414 e. The summed E-state index contributed by atoms with van der Waals surface area (Å²) in [5.74, 6) is -11.2. The molecule has 0 aliphatic carbocycles. The third kappa shape index (κ3) is 16.9. The van der Waals surface area contributed by atoms with E-state index in [9.17, 15) is 9.59 Å². The van der Waals surface area contributed by atoms with Gasteiger partial charge in [0.2, 0.25) is 11.6 Å². The molecular formula is C28H22N4O14. The van der Waals surface area contributed by atoms with Crippen molar-refractivity contribution in [2.24, 2.45) is 0 Å². The summed E-state index contributed by atoms with van der Waals surface area (Å²) in [7, 11) is 0. The van der Waals surface area contributed by atoms with E-state index in [0.29, 0.717) is 22.8 Å². The molecule has 0 unspecified atom stereocenters. The molecule has 0 radical (unpaired) electrons. The molecule has 4 aromatic heterocycles. The van der Waals surface area contributed by atoms with Gasteiger partial charge in [0.15, 0.2) is 0 Å². The lowest BCUT2D eigenvalue weighted by Gasteiger charge is -1.97. The van der Waals surface area contributed by atoms with Crippen molar-refractivity contribution in [1.82, 2.24) is 19.9 Å². The summed E-state index contributed by atoms with van der Waals surface area (Å²) < 4.78 is 0. The fourth-order valence-corrected chi connectivity index (χ4v) is 2.25. The highest BCUT2D eigenvalue weighted by atomic mass is 16.5. The van der Waals surface area contributed by atoms with Gasteiger partial charge in [0, 0.05) is 24.8 Å². The molecule has 4 aromatic rings. The Bertz CT molecular complexity index is 1360. The molecule has 0 amide bonds. The lowest BCUT2D eigenvalue weighted by molar-refractivity contribution is -0.159.